The largest absolute Gasteiger partial charge is 0.508 e. The maximum absolute atomic E-state index is 13.7. The lowest BCUT2D eigenvalue weighted by molar-refractivity contribution is 0.0748. The number of fused-ring (bicyclic) bond motifs is 1. The molecule has 2 aromatic carbocycles. The van der Waals surface area contributed by atoms with Gasteiger partial charge in [0.1, 0.15) is 17.3 Å². The molecule has 1 aliphatic rings. The second-order valence-corrected chi connectivity index (χ2v) is 6.61. The molecule has 0 aliphatic carbocycles. The Balaban J connectivity index is 0.00000117. The summed E-state index contributed by atoms with van der Waals surface area (Å²) in [5, 5.41) is 20.0. The molecule has 0 saturated heterocycles. The fourth-order valence-corrected chi connectivity index (χ4v) is 3.09. The third-order valence-corrected chi connectivity index (χ3v) is 4.49. The number of hydrogen-bond acceptors (Lipinski definition) is 3. The Labute approximate surface area is 153 Å². The highest BCUT2D eigenvalue weighted by Gasteiger charge is 2.27. The van der Waals surface area contributed by atoms with E-state index in [1.165, 1.54) is 18.2 Å². The Hall–Kier alpha value is -2.56. The van der Waals surface area contributed by atoms with Crippen molar-refractivity contribution in [3.8, 4) is 11.5 Å². The SMILES string of the molecule is CC.Cc1cc2c(cc1F)CN(C(=O)c1cc(C(C)C)c(O)cc1O)C2. The molecule has 0 spiro atoms. The Morgan fingerprint density at radius 1 is 1.04 bits per heavy atom. The third kappa shape index (κ3) is 3.66. The Morgan fingerprint density at radius 2 is 1.62 bits per heavy atom. The van der Waals surface area contributed by atoms with Crippen molar-refractivity contribution in [2.45, 2.75) is 53.6 Å². The highest BCUT2D eigenvalue weighted by atomic mass is 19.1. The Morgan fingerprint density at radius 3 is 2.19 bits per heavy atom. The first-order valence-electron chi connectivity index (χ1n) is 8.91. The van der Waals surface area contributed by atoms with Gasteiger partial charge in [-0.05, 0) is 47.2 Å². The molecule has 2 N–H and O–H groups in total. The predicted molar refractivity (Wildman–Crippen MR) is 99.9 cm³/mol. The van der Waals surface area contributed by atoms with Crippen molar-refractivity contribution in [1.29, 1.82) is 0 Å². The predicted octanol–water partition coefficient (Wildman–Crippen LogP) is 4.85. The zero-order valence-corrected chi connectivity index (χ0v) is 15.9. The normalized spacial score (nSPS) is 12.7. The van der Waals surface area contributed by atoms with Gasteiger partial charge >= 0.3 is 0 Å². The third-order valence-electron chi connectivity index (χ3n) is 4.49. The molecule has 0 atom stereocenters. The summed E-state index contributed by atoms with van der Waals surface area (Å²) < 4.78 is 13.7. The van der Waals surface area contributed by atoms with E-state index in [0.29, 0.717) is 24.2 Å². The molecule has 0 fully saturated rings. The van der Waals surface area contributed by atoms with Crippen molar-refractivity contribution >= 4 is 5.91 Å². The van der Waals surface area contributed by atoms with Gasteiger partial charge in [0.15, 0.2) is 0 Å². The summed E-state index contributed by atoms with van der Waals surface area (Å²) in [6.07, 6.45) is 0. The lowest BCUT2D eigenvalue weighted by Crippen LogP contribution is -2.25. The second kappa shape index (κ2) is 7.77. The molecule has 3 rings (SSSR count). The van der Waals surface area contributed by atoms with E-state index < -0.39 is 0 Å². The standard InChI is InChI=1S/C19H20FNO3.C2H6/c1-10(2)14-6-15(18(23)7-17(14)22)19(24)21-8-12-4-11(3)16(20)5-13(12)9-21;1-2/h4-7,10,22-23H,8-9H2,1-3H3;1-2H3. The minimum absolute atomic E-state index is 0.0182. The molecular weight excluding hydrogens is 333 g/mol. The van der Waals surface area contributed by atoms with Crippen molar-refractivity contribution < 1.29 is 19.4 Å². The summed E-state index contributed by atoms with van der Waals surface area (Å²) in [7, 11) is 0. The molecular formula is C21H26FNO3. The number of amides is 1. The quantitative estimate of drug-likeness (QED) is 0.806. The van der Waals surface area contributed by atoms with Crippen molar-refractivity contribution in [3.63, 3.8) is 0 Å². The fourth-order valence-electron chi connectivity index (χ4n) is 3.09. The number of phenolic OH excluding ortho intramolecular Hbond substituents is 2. The first-order valence-corrected chi connectivity index (χ1v) is 8.91. The van der Waals surface area contributed by atoms with E-state index in [2.05, 4.69) is 0 Å². The van der Waals surface area contributed by atoms with Crippen LogP contribution in [0.1, 0.15) is 66.2 Å². The number of aromatic hydroxyl groups is 2. The lowest BCUT2D eigenvalue weighted by atomic mass is 9.98. The molecule has 5 heteroatoms. The monoisotopic (exact) mass is 359 g/mol. The van der Waals surface area contributed by atoms with E-state index in [0.717, 1.165) is 11.1 Å². The minimum Gasteiger partial charge on any atom is -0.508 e. The van der Waals surface area contributed by atoms with Gasteiger partial charge in [-0.15, -0.1) is 0 Å². The number of hydrogen-bond donors (Lipinski definition) is 2. The summed E-state index contributed by atoms with van der Waals surface area (Å²) in [5.41, 5.74) is 3.02. The second-order valence-electron chi connectivity index (χ2n) is 6.61. The first-order chi connectivity index (χ1) is 12.3. The van der Waals surface area contributed by atoms with Gasteiger partial charge in [-0.1, -0.05) is 33.8 Å². The van der Waals surface area contributed by atoms with E-state index in [-0.39, 0.29) is 34.7 Å². The fraction of sp³-hybridized carbons (Fsp3) is 0.381. The number of rotatable bonds is 2. The summed E-state index contributed by atoms with van der Waals surface area (Å²) in [5.74, 6) is -0.868. The average Bonchev–Trinajstić information content (AvgIpc) is 2.99. The molecule has 0 saturated carbocycles. The summed E-state index contributed by atoms with van der Waals surface area (Å²) in [4.78, 5) is 14.4. The van der Waals surface area contributed by atoms with Gasteiger partial charge in [0, 0.05) is 19.2 Å². The van der Waals surface area contributed by atoms with Crippen LogP contribution < -0.4 is 0 Å². The molecule has 0 bridgehead atoms. The number of aryl methyl sites for hydroxylation is 1. The number of halogens is 1. The topological polar surface area (TPSA) is 60.8 Å². The van der Waals surface area contributed by atoms with Crippen molar-refractivity contribution in [1.82, 2.24) is 4.90 Å². The van der Waals surface area contributed by atoms with Crippen molar-refractivity contribution in [2.24, 2.45) is 0 Å². The molecule has 0 radical (unpaired) electrons. The minimum atomic E-state index is -0.330. The van der Waals surface area contributed by atoms with Crippen LogP contribution >= 0.6 is 0 Å². The van der Waals surface area contributed by atoms with Crippen LogP contribution in [0.4, 0.5) is 4.39 Å². The van der Waals surface area contributed by atoms with Crippen LogP contribution in [0, 0.1) is 12.7 Å². The van der Waals surface area contributed by atoms with E-state index in [1.807, 2.05) is 27.7 Å². The van der Waals surface area contributed by atoms with E-state index in [4.69, 9.17) is 0 Å². The smallest absolute Gasteiger partial charge is 0.258 e. The molecule has 1 heterocycles. The number of carbonyl (C=O) groups excluding carboxylic acids is 1. The zero-order chi connectivity index (χ0) is 19.6. The molecule has 2 aromatic rings. The van der Waals surface area contributed by atoms with Gasteiger partial charge in [0.05, 0.1) is 5.56 Å². The van der Waals surface area contributed by atoms with Gasteiger partial charge in [-0.2, -0.15) is 0 Å². The van der Waals surface area contributed by atoms with E-state index in [9.17, 15) is 19.4 Å². The van der Waals surface area contributed by atoms with Crippen LogP contribution in [0.15, 0.2) is 24.3 Å². The molecule has 1 aliphatic heterocycles. The zero-order valence-electron chi connectivity index (χ0n) is 15.9. The molecule has 140 valence electrons. The van der Waals surface area contributed by atoms with Gasteiger partial charge in [-0.25, -0.2) is 4.39 Å². The molecule has 4 nitrogen and oxygen atoms in total. The van der Waals surface area contributed by atoms with Gasteiger partial charge in [0.2, 0.25) is 0 Å². The van der Waals surface area contributed by atoms with E-state index in [1.54, 1.807) is 17.9 Å². The lowest BCUT2D eigenvalue weighted by Gasteiger charge is -2.18. The first kappa shape index (κ1) is 19.8. The van der Waals surface area contributed by atoms with Crippen LogP contribution in [0.25, 0.3) is 0 Å². The van der Waals surface area contributed by atoms with Gasteiger partial charge in [-0.3, -0.25) is 4.79 Å². The van der Waals surface area contributed by atoms with Crippen LogP contribution in [0.3, 0.4) is 0 Å². The van der Waals surface area contributed by atoms with Crippen LogP contribution in [-0.4, -0.2) is 21.0 Å². The summed E-state index contributed by atoms with van der Waals surface area (Å²) in [6.45, 7) is 10.2. The van der Waals surface area contributed by atoms with Crippen LogP contribution in [0.2, 0.25) is 0 Å². The van der Waals surface area contributed by atoms with Crippen LogP contribution in [0.5, 0.6) is 11.5 Å². The Kier molecular flexibility index (Phi) is 5.90. The van der Waals surface area contributed by atoms with Crippen molar-refractivity contribution in [2.75, 3.05) is 0 Å². The number of nitrogens with zero attached hydrogens (tertiary/aromatic N) is 1. The summed E-state index contributed by atoms with van der Waals surface area (Å²) in [6, 6.07) is 5.96. The number of phenols is 2. The highest BCUT2D eigenvalue weighted by molar-refractivity contribution is 5.97. The highest BCUT2D eigenvalue weighted by Crippen LogP contribution is 2.34. The maximum atomic E-state index is 13.7. The molecule has 26 heavy (non-hydrogen) atoms. The summed E-state index contributed by atoms with van der Waals surface area (Å²) >= 11 is 0. The van der Waals surface area contributed by atoms with E-state index >= 15 is 0 Å². The van der Waals surface area contributed by atoms with Gasteiger partial charge in [0.25, 0.3) is 5.91 Å². The van der Waals surface area contributed by atoms with Crippen molar-refractivity contribution in [3.05, 3.63) is 57.9 Å². The van der Waals surface area contributed by atoms with Crippen LogP contribution in [-0.2, 0) is 13.1 Å². The number of carbonyl (C=O) groups is 1. The molecule has 1 amide bonds. The molecule has 0 unspecified atom stereocenters. The number of benzene rings is 2. The van der Waals surface area contributed by atoms with Gasteiger partial charge < -0.3 is 15.1 Å². The maximum Gasteiger partial charge on any atom is 0.258 e. The average molecular weight is 359 g/mol. The molecule has 0 aromatic heterocycles. The Bertz CT molecular complexity index is 799.